The molecule has 0 saturated carbocycles. The number of aliphatic carboxylic acids is 1. The van der Waals surface area contributed by atoms with Gasteiger partial charge in [0.2, 0.25) is 0 Å². The van der Waals surface area contributed by atoms with E-state index in [1.807, 2.05) is 0 Å². The Labute approximate surface area is 136 Å². The predicted octanol–water partition coefficient (Wildman–Crippen LogP) is 6.38. The van der Waals surface area contributed by atoms with E-state index in [2.05, 4.69) is 6.92 Å². The lowest BCUT2D eigenvalue weighted by Gasteiger charge is -2.02. The number of aliphatic hydroxyl groups is 1. The Kier molecular flexibility index (Phi) is 15.6. The molecule has 0 fully saturated rings. The van der Waals surface area contributed by atoms with Gasteiger partial charge in [0, 0.05) is 0 Å². The van der Waals surface area contributed by atoms with Crippen LogP contribution in [0.4, 0.5) is 0 Å². The van der Waals surface area contributed by atoms with Crippen molar-refractivity contribution in [3.05, 3.63) is 11.8 Å². The molecule has 2 N–H and O–H groups in total. The average molecular weight is 312 g/mol. The van der Waals surface area contributed by atoms with Gasteiger partial charge in [-0.2, -0.15) is 0 Å². The van der Waals surface area contributed by atoms with E-state index < -0.39 is 11.7 Å². The summed E-state index contributed by atoms with van der Waals surface area (Å²) in [5.41, 5.74) is 0. The second kappa shape index (κ2) is 16.4. The van der Waals surface area contributed by atoms with Crippen molar-refractivity contribution in [1.82, 2.24) is 0 Å². The lowest BCUT2D eigenvalue weighted by atomic mass is 10.0. The first-order valence-corrected chi connectivity index (χ1v) is 9.31. The van der Waals surface area contributed by atoms with Crippen LogP contribution in [0.5, 0.6) is 0 Å². The zero-order chi connectivity index (χ0) is 16.5. The van der Waals surface area contributed by atoms with Crippen molar-refractivity contribution in [2.24, 2.45) is 0 Å². The number of aliphatic hydroxyl groups excluding tert-OH is 1. The van der Waals surface area contributed by atoms with Gasteiger partial charge in [0.05, 0.1) is 0 Å². The zero-order valence-corrected chi connectivity index (χ0v) is 14.5. The number of carboxylic acids is 1. The monoisotopic (exact) mass is 312 g/mol. The van der Waals surface area contributed by atoms with Crippen molar-refractivity contribution in [2.75, 3.05) is 0 Å². The highest BCUT2D eigenvalue weighted by atomic mass is 16.4. The highest BCUT2D eigenvalue weighted by molar-refractivity contribution is 5.83. The van der Waals surface area contributed by atoms with E-state index in [0.717, 1.165) is 12.8 Å². The molecule has 0 unspecified atom stereocenters. The third-order valence-corrected chi connectivity index (χ3v) is 4.11. The lowest BCUT2D eigenvalue weighted by Crippen LogP contribution is -1.98. The molecular formula is C19H36O3. The Morgan fingerprint density at radius 1 is 0.682 bits per heavy atom. The fourth-order valence-electron chi connectivity index (χ4n) is 2.66. The summed E-state index contributed by atoms with van der Waals surface area (Å²) in [5, 5.41) is 17.5. The number of rotatable bonds is 16. The number of hydrogen-bond acceptors (Lipinski definition) is 2. The van der Waals surface area contributed by atoms with Crippen LogP contribution in [-0.2, 0) is 4.79 Å². The topological polar surface area (TPSA) is 57.5 Å². The summed E-state index contributed by atoms with van der Waals surface area (Å²) in [4.78, 5) is 10.4. The summed E-state index contributed by atoms with van der Waals surface area (Å²) >= 11 is 0. The molecule has 0 aliphatic carbocycles. The molecule has 3 heteroatoms. The first-order chi connectivity index (χ1) is 10.7. The molecule has 0 aromatic carbocycles. The highest BCUT2D eigenvalue weighted by Gasteiger charge is 2.01. The lowest BCUT2D eigenvalue weighted by molar-refractivity contribution is -0.135. The van der Waals surface area contributed by atoms with Crippen molar-refractivity contribution in [3.8, 4) is 0 Å². The largest absolute Gasteiger partial charge is 0.502 e. The number of carboxylic acid groups (broad SMARTS) is 1. The van der Waals surface area contributed by atoms with Gasteiger partial charge >= 0.3 is 5.97 Å². The van der Waals surface area contributed by atoms with Gasteiger partial charge in [-0.1, -0.05) is 90.4 Å². The van der Waals surface area contributed by atoms with Crippen molar-refractivity contribution >= 4 is 5.97 Å². The number of allylic oxidation sites excluding steroid dienone is 1. The van der Waals surface area contributed by atoms with Crippen LogP contribution in [0.3, 0.4) is 0 Å². The maximum Gasteiger partial charge on any atom is 0.370 e. The first-order valence-electron chi connectivity index (χ1n) is 9.31. The van der Waals surface area contributed by atoms with Crippen LogP contribution >= 0.6 is 0 Å². The SMILES string of the molecule is CCCCCCCCCCCCCCCCC=C(O)C(=O)O. The molecule has 0 aliphatic heterocycles. The van der Waals surface area contributed by atoms with E-state index in [-0.39, 0.29) is 0 Å². The minimum atomic E-state index is -1.23. The Hall–Kier alpha value is -0.990. The fourth-order valence-corrected chi connectivity index (χ4v) is 2.66. The minimum Gasteiger partial charge on any atom is -0.502 e. The Bertz CT molecular complexity index is 284. The maximum atomic E-state index is 10.4. The number of unbranched alkanes of at least 4 members (excludes halogenated alkanes) is 14. The molecule has 0 rings (SSSR count). The molecule has 0 radical (unpaired) electrons. The van der Waals surface area contributed by atoms with Gasteiger partial charge in [0.1, 0.15) is 0 Å². The van der Waals surface area contributed by atoms with Crippen molar-refractivity contribution in [3.63, 3.8) is 0 Å². The van der Waals surface area contributed by atoms with Gasteiger partial charge in [0.25, 0.3) is 0 Å². The third-order valence-electron chi connectivity index (χ3n) is 4.11. The second-order valence-electron chi connectivity index (χ2n) is 6.28. The molecule has 0 atom stereocenters. The molecule has 0 spiro atoms. The number of hydrogen-bond donors (Lipinski definition) is 2. The normalized spacial score (nSPS) is 11.8. The Balaban J connectivity index is 3.12. The van der Waals surface area contributed by atoms with Crippen LogP contribution < -0.4 is 0 Å². The van der Waals surface area contributed by atoms with E-state index in [1.54, 1.807) is 0 Å². The van der Waals surface area contributed by atoms with Crippen LogP contribution in [0.2, 0.25) is 0 Å². The summed E-state index contributed by atoms with van der Waals surface area (Å²) < 4.78 is 0. The molecule has 3 nitrogen and oxygen atoms in total. The van der Waals surface area contributed by atoms with E-state index >= 15 is 0 Å². The van der Waals surface area contributed by atoms with Crippen LogP contribution in [-0.4, -0.2) is 16.2 Å². The molecule has 130 valence electrons. The molecule has 22 heavy (non-hydrogen) atoms. The van der Waals surface area contributed by atoms with Crippen molar-refractivity contribution < 1.29 is 15.0 Å². The fraction of sp³-hybridized carbons (Fsp3) is 0.842. The molecule has 0 amide bonds. The molecule has 0 aliphatic rings. The Morgan fingerprint density at radius 2 is 1.05 bits per heavy atom. The van der Waals surface area contributed by atoms with E-state index in [0.29, 0.717) is 6.42 Å². The molecule has 0 aromatic rings. The van der Waals surface area contributed by atoms with Gasteiger partial charge in [-0.25, -0.2) is 4.79 Å². The van der Waals surface area contributed by atoms with Crippen molar-refractivity contribution in [1.29, 1.82) is 0 Å². The summed E-state index contributed by atoms with van der Waals surface area (Å²) in [6.45, 7) is 2.26. The molecule has 0 bridgehead atoms. The standard InChI is InChI=1S/C19H36O3/c1-2-3-4-5-6-7-8-9-10-11-12-13-14-15-16-17-18(20)19(21)22/h17,20H,2-16H2,1H3,(H,21,22). The van der Waals surface area contributed by atoms with Crippen LogP contribution in [0.25, 0.3) is 0 Å². The smallest absolute Gasteiger partial charge is 0.370 e. The van der Waals surface area contributed by atoms with E-state index in [9.17, 15) is 4.79 Å². The third kappa shape index (κ3) is 15.4. The average Bonchev–Trinajstić information content (AvgIpc) is 2.50. The Morgan fingerprint density at radius 3 is 1.41 bits per heavy atom. The zero-order valence-electron chi connectivity index (χ0n) is 14.5. The van der Waals surface area contributed by atoms with Crippen molar-refractivity contribution in [2.45, 2.75) is 103 Å². The summed E-state index contributed by atoms with van der Waals surface area (Å²) in [5.74, 6) is -1.75. The van der Waals surface area contributed by atoms with Crippen LogP contribution in [0, 0.1) is 0 Å². The van der Waals surface area contributed by atoms with E-state index in [4.69, 9.17) is 10.2 Å². The molecule has 0 heterocycles. The number of carbonyl (C=O) groups is 1. The second-order valence-corrected chi connectivity index (χ2v) is 6.28. The van der Waals surface area contributed by atoms with Crippen LogP contribution in [0.15, 0.2) is 11.8 Å². The first kappa shape index (κ1) is 21.0. The van der Waals surface area contributed by atoms with Gasteiger partial charge in [-0.05, 0) is 18.9 Å². The molecule has 0 aromatic heterocycles. The summed E-state index contributed by atoms with van der Waals surface area (Å²) in [6, 6.07) is 0. The summed E-state index contributed by atoms with van der Waals surface area (Å²) in [7, 11) is 0. The quantitative estimate of drug-likeness (QED) is 0.197. The predicted molar refractivity (Wildman–Crippen MR) is 93.3 cm³/mol. The van der Waals surface area contributed by atoms with Gasteiger partial charge in [0.15, 0.2) is 5.76 Å². The van der Waals surface area contributed by atoms with Gasteiger partial charge in [-0.15, -0.1) is 0 Å². The van der Waals surface area contributed by atoms with Gasteiger partial charge in [-0.3, -0.25) is 0 Å². The maximum absolute atomic E-state index is 10.4. The van der Waals surface area contributed by atoms with Crippen LogP contribution in [0.1, 0.15) is 103 Å². The highest BCUT2D eigenvalue weighted by Crippen LogP contribution is 2.13. The van der Waals surface area contributed by atoms with Gasteiger partial charge < -0.3 is 10.2 Å². The molecular weight excluding hydrogens is 276 g/mol. The summed E-state index contributed by atoms with van der Waals surface area (Å²) in [6.07, 6.45) is 20.5. The molecule has 0 saturated heterocycles. The van der Waals surface area contributed by atoms with E-state index in [1.165, 1.54) is 83.1 Å². The minimum absolute atomic E-state index is 0.519.